The predicted molar refractivity (Wildman–Crippen MR) is 87.8 cm³/mol. The van der Waals surface area contributed by atoms with Crippen molar-refractivity contribution in [1.29, 1.82) is 0 Å². The molecule has 0 saturated carbocycles. The van der Waals surface area contributed by atoms with Crippen LogP contribution in [-0.4, -0.2) is 50.7 Å². The fourth-order valence-corrected chi connectivity index (χ4v) is 3.40. The molecule has 2 heterocycles. The standard InChI is InChI=1S/C16H30N2O2.ClH/c1-13(15-6-3-7-17-10-15)9-16(19)18(2)11-14-5-4-8-20-12-14;/h13-15,17H,3-12H2,1-2H3;1H. The van der Waals surface area contributed by atoms with Gasteiger partial charge in [0.25, 0.3) is 0 Å². The van der Waals surface area contributed by atoms with Crippen LogP contribution in [-0.2, 0) is 9.53 Å². The highest BCUT2D eigenvalue weighted by molar-refractivity contribution is 5.85. The molecule has 5 heteroatoms. The van der Waals surface area contributed by atoms with Gasteiger partial charge in [-0.05, 0) is 56.5 Å². The molecule has 1 amide bonds. The summed E-state index contributed by atoms with van der Waals surface area (Å²) >= 11 is 0. The lowest BCUT2D eigenvalue weighted by atomic mass is 9.85. The zero-order valence-electron chi connectivity index (χ0n) is 13.5. The van der Waals surface area contributed by atoms with Crippen LogP contribution in [0, 0.1) is 17.8 Å². The molecule has 1 N–H and O–H groups in total. The quantitative estimate of drug-likeness (QED) is 0.846. The Kier molecular flexibility index (Phi) is 8.60. The third kappa shape index (κ3) is 6.13. The normalized spacial score (nSPS) is 27.5. The van der Waals surface area contributed by atoms with Gasteiger partial charge in [-0.1, -0.05) is 6.92 Å². The smallest absolute Gasteiger partial charge is 0.222 e. The number of hydrogen-bond acceptors (Lipinski definition) is 3. The van der Waals surface area contributed by atoms with Crippen LogP contribution in [0.3, 0.4) is 0 Å². The van der Waals surface area contributed by atoms with Gasteiger partial charge in [-0.25, -0.2) is 0 Å². The Hall–Kier alpha value is -0.320. The molecule has 21 heavy (non-hydrogen) atoms. The Morgan fingerprint density at radius 2 is 2.19 bits per heavy atom. The van der Waals surface area contributed by atoms with Gasteiger partial charge >= 0.3 is 0 Å². The number of hydrogen-bond donors (Lipinski definition) is 1. The molecular formula is C16H31ClN2O2. The van der Waals surface area contributed by atoms with Gasteiger partial charge in [-0.3, -0.25) is 4.79 Å². The second-order valence-electron chi connectivity index (χ2n) is 6.65. The van der Waals surface area contributed by atoms with E-state index < -0.39 is 0 Å². The minimum Gasteiger partial charge on any atom is -0.381 e. The van der Waals surface area contributed by atoms with Gasteiger partial charge in [0, 0.05) is 26.6 Å². The summed E-state index contributed by atoms with van der Waals surface area (Å²) < 4.78 is 5.49. The maximum atomic E-state index is 12.3. The average molecular weight is 319 g/mol. The summed E-state index contributed by atoms with van der Waals surface area (Å²) in [5.74, 6) is 1.98. The SMILES string of the molecule is CC(CC(=O)N(C)CC1CCCOC1)C1CCCNC1.Cl. The summed E-state index contributed by atoms with van der Waals surface area (Å²) in [5.41, 5.74) is 0. The van der Waals surface area contributed by atoms with Crippen LogP contribution in [0.25, 0.3) is 0 Å². The molecule has 0 aromatic rings. The minimum atomic E-state index is 0. The highest BCUT2D eigenvalue weighted by atomic mass is 35.5. The first-order chi connectivity index (χ1) is 9.66. The lowest BCUT2D eigenvalue weighted by molar-refractivity contribution is -0.132. The number of piperidine rings is 1. The largest absolute Gasteiger partial charge is 0.381 e. The van der Waals surface area contributed by atoms with Crippen molar-refractivity contribution in [1.82, 2.24) is 10.2 Å². The molecule has 124 valence electrons. The third-order valence-electron chi connectivity index (χ3n) is 4.85. The van der Waals surface area contributed by atoms with Crippen LogP contribution >= 0.6 is 12.4 Å². The molecule has 4 nitrogen and oxygen atoms in total. The maximum absolute atomic E-state index is 12.3. The third-order valence-corrected chi connectivity index (χ3v) is 4.85. The monoisotopic (exact) mass is 318 g/mol. The van der Waals surface area contributed by atoms with Crippen LogP contribution in [0.1, 0.15) is 39.0 Å². The second kappa shape index (κ2) is 9.65. The van der Waals surface area contributed by atoms with Crippen LogP contribution in [0.2, 0.25) is 0 Å². The van der Waals surface area contributed by atoms with E-state index in [4.69, 9.17) is 4.74 Å². The fraction of sp³-hybridized carbons (Fsp3) is 0.938. The fourth-order valence-electron chi connectivity index (χ4n) is 3.40. The van der Waals surface area contributed by atoms with E-state index >= 15 is 0 Å². The molecule has 2 rings (SSSR count). The van der Waals surface area contributed by atoms with E-state index in [1.54, 1.807) is 0 Å². The van der Waals surface area contributed by atoms with Crippen molar-refractivity contribution in [2.45, 2.75) is 39.0 Å². The van der Waals surface area contributed by atoms with E-state index in [0.29, 0.717) is 30.1 Å². The average Bonchev–Trinajstić information content (AvgIpc) is 2.49. The maximum Gasteiger partial charge on any atom is 0.222 e. The molecule has 2 aliphatic heterocycles. The van der Waals surface area contributed by atoms with Crippen LogP contribution in [0.5, 0.6) is 0 Å². The number of carbonyl (C=O) groups is 1. The van der Waals surface area contributed by atoms with Gasteiger partial charge in [0.2, 0.25) is 5.91 Å². The highest BCUT2D eigenvalue weighted by Crippen LogP contribution is 2.23. The van der Waals surface area contributed by atoms with Gasteiger partial charge in [0.05, 0.1) is 6.61 Å². The lowest BCUT2D eigenvalue weighted by Gasteiger charge is -2.31. The number of halogens is 1. The van der Waals surface area contributed by atoms with E-state index in [-0.39, 0.29) is 12.4 Å². The summed E-state index contributed by atoms with van der Waals surface area (Å²) in [7, 11) is 1.95. The van der Waals surface area contributed by atoms with E-state index in [1.807, 2.05) is 11.9 Å². The van der Waals surface area contributed by atoms with Gasteiger partial charge < -0.3 is 15.0 Å². The zero-order chi connectivity index (χ0) is 14.4. The van der Waals surface area contributed by atoms with Crippen molar-refractivity contribution >= 4 is 18.3 Å². The Morgan fingerprint density at radius 3 is 2.81 bits per heavy atom. The van der Waals surface area contributed by atoms with Crippen molar-refractivity contribution < 1.29 is 9.53 Å². The van der Waals surface area contributed by atoms with E-state index in [2.05, 4.69) is 12.2 Å². The highest BCUT2D eigenvalue weighted by Gasteiger charge is 2.24. The van der Waals surface area contributed by atoms with Crippen molar-refractivity contribution in [3.8, 4) is 0 Å². The summed E-state index contributed by atoms with van der Waals surface area (Å²) in [6, 6.07) is 0. The van der Waals surface area contributed by atoms with E-state index in [0.717, 1.165) is 39.3 Å². The summed E-state index contributed by atoms with van der Waals surface area (Å²) in [6.45, 7) is 7.01. The molecule has 2 saturated heterocycles. The summed E-state index contributed by atoms with van der Waals surface area (Å²) in [5, 5.41) is 3.44. The van der Waals surface area contributed by atoms with Crippen molar-refractivity contribution in [2.75, 3.05) is 39.9 Å². The number of amides is 1. The topological polar surface area (TPSA) is 41.6 Å². The minimum absolute atomic E-state index is 0. The first-order valence-electron chi connectivity index (χ1n) is 8.19. The molecule has 2 aliphatic rings. The molecule has 3 atom stereocenters. The van der Waals surface area contributed by atoms with Gasteiger partial charge in [-0.2, -0.15) is 0 Å². The predicted octanol–water partition coefficient (Wildman–Crippen LogP) is 2.32. The Balaban J connectivity index is 0.00000220. The van der Waals surface area contributed by atoms with E-state index in [9.17, 15) is 4.79 Å². The molecule has 0 bridgehead atoms. The van der Waals surface area contributed by atoms with E-state index in [1.165, 1.54) is 19.3 Å². The van der Waals surface area contributed by atoms with Crippen LogP contribution < -0.4 is 5.32 Å². The Morgan fingerprint density at radius 1 is 1.38 bits per heavy atom. The Bertz CT molecular complexity index is 303. The molecule has 0 aromatic heterocycles. The molecule has 3 unspecified atom stereocenters. The van der Waals surface area contributed by atoms with Crippen molar-refractivity contribution in [2.24, 2.45) is 17.8 Å². The van der Waals surface area contributed by atoms with Crippen molar-refractivity contribution in [3.05, 3.63) is 0 Å². The molecular weight excluding hydrogens is 288 g/mol. The number of nitrogens with one attached hydrogen (secondary N) is 1. The Labute approximate surface area is 135 Å². The molecule has 2 fully saturated rings. The number of carbonyl (C=O) groups excluding carboxylic acids is 1. The first-order valence-corrected chi connectivity index (χ1v) is 8.19. The lowest BCUT2D eigenvalue weighted by Crippen LogP contribution is -2.38. The van der Waals surface area contributed by atoms with Gasteiger partial charge in [0.1, 0.15) is 0 Å². The molecule has 0 aromatic carbocycles. The molecule has 0 spiro atoms. The number of ether oxygens (including phenoxy) is 1. The summed E-state index contributed by atoms with van der Waals surface area (Å²) in [4.78, 5) is 14.3. The van der Waals surface area contributed by atoms with Crippen LogP contribution in [0.15, 0.2) is 0 Å². The second-order valence-corrected chi connectivity index (χ2v) is 6.65. The van der Waals surface area contributed by atoms with Crippen molar-refractivity contribution in [3.63, 3.8) is 0 Å². The first kappa shape index (κ1) is 18.7. The number of nitrogens with zero attached hydrogens (tertiary/aromatic N) is 1. The number of rotatable bonds is 5. The molecule has 0 aliphatic carbocycles. The van der Waals surface area contributed by atoms with Gasteiger partial charge in [-0.15, -0.1) is 12.4 Å². The van der Waals surface area contributed by atoms with Crippen LogP contribution in [0.4, 0.5) is 0 Å². The van der Waals surface area contributed by atoms with Gasteiger partial charge in [0.15, 0.2) is 0 Å². The zero-order valence-corrected chi connectivity index (χ0v) is 14.3. The summed E-state index contributed by atoms with van der Waals surface area (Å²) in [6.07, 6.45) is 5.53. The molecule has 0 radical (unpaired) electrons.